The lowest BCUT2D eigenvalue weighted by molar-refractivity contribution is 0.269. The highest BCUT2D eigenvalue weighted by Gasteiger charge is 2.02. The quantitative estimate of drug-likeness (QED) is 0.821. The van der Waals surface area contributed by atoms with Gasteiger partial charge in [0.25, 0.3) is 0 Å². The third kappa shape index (κ3) is 1.85. The van der Waals surface area contributed by atoms with Crippen LogP contribution in [0.5, 0.6) is 5.75 Å². The molecule has 0 bridgehead atoms. The van der Waals surface area contributed by atoms with Gasteiger partial charge in [0.05, 0.1) is 7.11 Å². The van der Waals surface area contributed by atoms with E-state index in [1.165, 1.54) is 0 Å². The average Bonchev–Trinajstić information content (AvgIpc) is 2.77. The summed E-state index contributed by atoms with van der Waals surface area (Å²) < 4.78 is 6.90. The van der Waals surface area contributed by atoms with E-state index < -0.39 is 0 Å². The average molecular weight is 204 g/mol. The molecule has 4 nitrogen and oxygen atoms in total. The van der Waals surface area contributed by atoms with Crippen molar-refractivity contribution in [3.63, 3.8) is 0 Å². The highest BCUT2D eigenvalue weighted by Crippen LogP contribution is 2.15. The Morgan fingerprint density at radius 1 is 1.33 bits per heavy atom. The maximum atomic E-state index is 9.06. The number of imidazole rings is 1. The van der Waals surface area contributed by atoms with E-state index >= 15 is 0 Å². The van der Waals surface area contributed by atoms with Gasteiger partial charge in [0, 0.05) is 18.1 Å². The van der Waals surface area contributed by atoms with Crippen molar-refractivity contribution in [2.45, 2.75) is 6.61 Å². The van der Waals surface area contributed by atoms with Gasteiger partial charge in [0.2, 0.25) is 0 Å². The molecule has 1 heterocycles. The van der Waals surface area contributed by atoms with Crippen LogP contribution in [0.3, 0.4) is 0 Å². The normalized spacial score (nSPS) is 10.3. The van der Waals surface area contributed by atoms with Crippen LogP contribution in [0.4, 0.5) is 0 Å². The predicted octanol–water partition coefficient (Wildman–Crippen LogP) is 1.37. The topological polar surface area (TPSA) is 47.3 Å². The minimum atomic E-state index is -0.0704. The monoisotopic (exact) mass is 204 g/mol. The fraction of sp³-hybridized carbons (Fsp3) is 0.182. The number of aliphatic hydroxyl groups excluding tert-OH is 1. The molecule has 2 rings (SSSR count). The molecule has 0 aliphatic heterocycles. The summed E-state index contributed by atoms with van der Waals surface area (Å²) in [6.07, 6.45) is 3.48. The van der Waals surface area contributed by atoms with E-state index in [9.17, 15) is 0 Å². The predicted molar refractivity (Wildman–Crippen MR) is 56.0 cm³/mol. The summed E-state index contributed by atoms with van der Waals surface area (Å²) in [5.74, 6) is 1.43. The van der Waals surface area contributed by atoms with Crippen LogP contribution in [0.25, 0.3) is 5.69 Å². The van der Waals surface area contributed by atoms with E-state index in [-0.39, 0.29) is 6.61 Å². The van der Waals surface area contributed by atoms with Crippen molar-refractivity contribution < 1.29 is 9.84 Å². The van der Waals surface area contributed by atoms with E-state index in [0.29, 0.717) is 5.82 Å². The number of aromatic nitrogens is 2. The van der Waals surface area contributed by atoms with Gasteiger partial charge in [0.1, 0.15) is 18.2 Å². The van der Waals surface area contributed by atoms with Crippen molar-refractivity contribution in [3.05, 3.63) is 42.5 Å². The first-order valence-electron chi connectivity index (χ1n) is 4.62. The molecule has 0 atom stereocenters. The molecule has 2 aromatic rings. The van der Waals surface area contributed by atoms with Crippen molar-refractivity contribution in [2.24, 2.45) is 0 Å². The molecule has 0 amide bonds. The van der Waals surface area contributed by atoms with Crippen molar-refractivity contribution in [2.75, 3.05) is 7.11 Å². The minimum Gasteiger partial charge on any atom is -0.497 e. The lowest BCUT2D eigenvalue weighted by Crippen LogP contribution is -1.99. The first kappa shape index (κ1) is 9.73. The van der Waals surface area contributed by atoms with Gasteiger partial charge in [-0.25, -0.2) is 4.98 Å². The zero-order valence-corrected chi connectivity index (χ0v) is 8.42. The molecular formula is C11H12N2O2. The van der Waals surface area contributed by atoms with Crippen LogP contribution in [-0.2, 0) is 6.61 Å². The molecule has 15 heavy (non-hydrogen) atoms. The maximum Gasteiger partial charge on any atom is 0.139 e. The first-order valence-corrected chi connectivity index (χ1v) is 4.62. The molecule has 1 N–H and O–H groups in total. The standard InChI is InChI=1S/C11H12N2O2/c1-15-10-4-2-9(3-5-10)13-7-6-12-11(13)8-14/h2-7,14H,8H2,1H3. The van der Waals surface area contributed by atoms with Crippen LogP contribution in [0.15, 0.2) is 36.7 Å². The first-order chi connectivity index (χ1) is 7.35. The number of methoxy groups -OCH3 is 1. The molecule has 0 fully saturated rings. The Hall–Kier alpha value is -1.81. The van der Waals surface area contributed by atoms with E-state index in [0.717, 1.165) is 11.4 Å². The smallest absolute Gasteiger partial charge is 0.139 e. The zero-order chi connectivity index (χ0) is 10.7. The van der Waals surface area contributed by atoms with Crippen LogP contribution in [0.2, 0.25) is 0 Å². The Labute approximate surface area is 87.8 Å². The lowest BCUT2D eigenvalue weighted by Gasteiger charge is -2.06. The van der Waals surface area contributed by atoms with Gasteiger partial charge in [-0.3, -0.25) is 0 Å². The third-order valence-corrected chi connectivity index (χ3v) is 2.21. The molecule has 1 aromatic carbocycles. The number of rotatable bonds is 3. The Morgan fingerprint density at radius 2 is 2.07 bits per heavy atom. The molecule has 0 spiro atoms. The molecule has 0 aliphatic rings. The number of hydrogen-bond acceptors (Lipinski definition) is 3. The Bertz CT molecular complexity index is 434. The second-order valence-corrected chi connectivity index (χ2v) is 3.07. The zero-order valence-electron chi connectivity index (χ0n) is 8.42. The second kappa shape index (κ2) is 4.14. The van der Waals surface area contributed by atoms with Gasteiger partial charge in [-0.1, -0.05) is 0 Å². The van der Waals surface area contributed by atoms with Crippen LogP contribution < -0.4 is 4.74 Å². The largest absolute Gasteiger partial charge is 0.497 e. The minimum absolute atomic E-state index is 0.0704. The molecule has 0 saturated heterocycles. The number of ether oxygens (including phenoxy) is 1. The molecule has 0 aliphatic carbocycles. The Balaban J connectivity index is 2.37. The molecule has 1 aromatic heterocycles. The summed E-state index contributed by atoms with van der Waals surface area (Å²) in [7, 11) is 1.63. The number of aliphatic hydroxyl groups is 1. The van der Waals surface area contributed by atoms with Gasteiger partial charge in [-0.15, -0.1) is 0 Å². The van der Waals surface area contributed by atoms with Crippen LogP contribution in [0, 0.1) is 0 Å². The Kier molecular flexibility index (Phi) is 2.69. The molecule has 0 radical (unpaired) electrons. The third-order valence-electron chi connectivity index (χ3n) is 2.21. The number of nitrogens with zero attached hydrogens (tertiary/aromatic N) is 2. The van der Waals surface area contributed by atoms with Gasteiger partial charge < -0.3 is 14.4 Å². The summed E-state index contributed by atoms with van der Waals surface area (Å²) in [5.41, 5.74) is 0.956. The van der Waals surface area contributed by atoms with Crippen molar-refractivity contribution in [1.82, 2.24) is 9.55 Å². The lowest BCUT2D eigenvalue weighted by atomic mass is 10.3. The molecule has 0 saturated carbocycles. The summed E-state index contributed by atoms with van der Waals surface area (Å²) in [4.78, 5) is 4.04. The van der Waals surface area contributed by atoms with Crippen molar-refractivity contribution >= 4 is 0 Å². The molecule has 78 valence electrons. The van der Waals surface area contributed by atoms with Gasteiger partial charge in [0.15, 0.2) is 0 Å². The number of hydrogen-bond donors (Lipinski definition) is 1. The summed E-state index contributed by atoms with van der Waals surface area (Å²) in [6, 6.07) is 7.58. The highest BCUT2D eigenvalue weighted by atomic mass is 16.5. The Morgan fingerprint density at radius 3 is 2.67 bits per heavy atom. The van der Waals surface area contributed by atoms with Gasteiger partial charge in [-0.05, 0) is 24.3 Å². The SMILES string of the molecule is COc1ccc(-n2ccnc2CO)cc1. The summed E-state index contributed by atoms with van der Waals surface area (Å²) >= 11 is 0. The fourth-order valence-corrected chi connectivity index (χ4v) is 1.43. The molecule has 4 heteroatoms. The van der Waals surface area contributed by atoms with Gasteiger partial charge in [-0.2, -0.15) is 0 Å². The summed E-state index contributed by atoms with van der Waals surface area (Å²) in [6.45, 7) is -0.0704. The van der Waals surface area contributed by atoms with Crippen molar-refractivity contribution in [1.29, 1.82) is 0 Å². The molecule has 0 unspecified atom stereocenters. The van der Waals surface area contributed by atoms with E-state index in [2.05, 4.69) is 4.98 Å². The maximum absolute atomic E-state index is 9.06. The van der Waals surface area contributed by atoms with E-state index in [1.807, 2.05) is 35.0 Å². The van der Waals surface area contributed by atoms with Crippen molar-refractivity contribution in [3.8, 4) is 11.4 Å². The molecular weight excluding hydrogens is 192 g/mol. The van der Waals surface area contributed by atoms with E-state index in [1.54, 1.807) is 13.3 Å². The van der Waals surface area contributed by atoms with Crippen LogP contribution in [-0.4, -0.2) is 21.8 Å². The number of benzene rings is 1. The van der Waals surface area contributed by atoms with Gasteiger partial charge >= 0.3 is 0 Å². The highest BCUT2D eigenvalue weighted by molar-refractivity contribution is 5.38. The van der Waals surface area contributed by atoms with E-state index in [4.69, 9.17) is 9.84 Å². The van der Waals surface area contributed by atoms with Crippen LogP contribution >= 0.6 is 0 Å². The fourth-order valence-electron chi connectivity index (χ4n) is 1.43. The second-order valence-electron chi connectivity index (χ2n) is 3.07. The van der Waals surface area contributed by atoms with Crippen LogP contribution in [0.1, 0.15) is 5.82 Å². The summed E-state index contributed by atoms with van der Waals surface area (Å²) in [5, 5.41) is 9.06.